The molecular formula is C17H18BrN3O3. The van der Waals surface area contributed by atoms with Crippen molar-refractivity contribution in [2.24, 2.45) is 5.10 Å². The Balaban J connectivity index is 1.88. The van der Waals surface area contributed by atoms with E-state index in [9.17, 15) is 9.90 Å². The number of aryl methyl sites for hydroxylation is 1. The first-order valence-corrected chi connectivity index (χ1v) is 7.98. The standard InChI is InChI=1S/C17H18BrN3O3/c1-11-4-3-5-13(6-11)19-10-16(23)21-20-9-12-7-14(18)17(24-2)15(22)8-12/h3-9,19,22H,10H2,1-2H3,(H,21,23)/b20-9-. The van der Waals surface area contributed by atoms with Gasteiger partial charge in [-0.25, -0.2) is 5.43 Å². The molecule has 0 heterocycles. The molecule has 0 radical (unpaired) electrons. The fourth-order valence-corrected chi connectivity index (χ4v) is 2.66. The molecule has 0 saturated carbocycles. The molecule has 126 valence electrons. The van der Waals surface area contributed by atoms with Gasteiger partial charge in [0, 0.05) is 5.69 Å². The summed E-state index contributed by atoms with van der Waals surface area (Å²) in [6.45, 7) is 2.09. The summed E-state index contributed by atoms with van der Waals surface area (Å²) in [6.07, 6.45) is 1.44. The first kappa shape index (κ1) is 17.8. The van der Waals surface area contributed by atoms with E-state index in [1.807, 2.05) is 31.2 Å². The first-order chi connectivity index (χ1) is 11.5. The lowest BCUT2D eigenvalue weighted by Crippen LogP contribution is -2.25. The molecule has 0 saturated heterocycles. The second-order valence-corrected chi connectivity index (χ2v) is 5.93. The summed E-state index contributed by atoms with van der Waals surface area (Å²) in [5.74, 6) is 0.0591. The number of phenols is 1. The summed E-state index contributed by atoms with van der Waals surface area (Å²) < 4.78 is 5.63. The van der Waals surface area contributed by atoms with Crippen molar-refractivity contribution in [2.45, 2.75) is 6.92 Å². The minimum atomic E-state index is -0.274. The molecule has 0 fully saturated rings. The number of ether oxygens (including phenoxy) is 1. The fourth-order valence-electron chi connectivity index (χ4n) is 2.03. The number of hydrogen-bond donors (Lipinski definition) is 3. The zero-order valence-corrected chi connectivity index (χ0v) is 14.9. The van der Waals surface area contributed by atoms with Gasteiger partial charge in [-0.3, -0.25) is 4.79 Å². The molecule has 1 amide bonds. The van der Waals surface area contributed by atoms with Crippen LogP contribution in [0.5, 0.6) is 11.5 Å². The zero-order chi connectivity index (χ0) is 17.5. The Morgan fingerprint density at radius 2 is 2.17 bits per heavy atom. The molecule has 0 aliphatic heterocycles. The molecule has 3 N–H and O–H groups in total. The SMILES string of the molecule is COc1c(O)cc(/C=N\NC(=O)CNc2cccc(C)c2)cc1Br. The largest absolute Gasteiger partial charge is 0.504 e. The maximum absolute atomic E-state index is 11.8. The van der Waals surface area contributed by atoms with Gasteiger partial charge in [-0.2, -0.15) is 5.10 Å². The number of hydrogen-bond acceptors (Lipinski definition) is 5. The third kappa shape index (κ3) is 4.99. The highest BCUT2D eigenvalue weighted by Crippen LogP contribution is 2.34. The molecule has 0 unspecified atom stereocenters. The molecule has 2 aromatic rings. The number of benzene rings is 2. The Kier molecular flexibility index (Phi) is 6.20. The summed E-state index contributed by atoms with van der Waals surface area (Å²) in [5.41, 5.74) is 5.03. The number of aromatic hydroxyl groups is 1. The number of nitrogens with one attached hydrogen (secondary N) is 2. The van der Waals surface area contributed by atoms with Crippen LogP contribution in [0.3, 0.4) is 0 Å². The highest BCUT2D eigenvalue weighted by molar-refractivity contribution is 9.10. The normalized spacial score (nSPS) is 10.6. The Morgan fingerprint density at radius 3 is 2.83 bits per heavy atom. The monoisotopic (exact) mass is 391 g/mol. The van der Waals surface area contributed by atoms with E-state index in [0.717, 1.165) is 11.3 Å². The van der Waals surface area contributed by atoms with Crippen LogP contribution in [0.25, 0.3) is 0 Å². The van der Waals surface area contributed by atoms with Crippen LogP contribution >= 0.6 is 15.9 Å². The second-order valence-electron chi connectivity index (χ2n) is 5.07. The van der Waals surface area contributed by atoms with Gasteiger partial charge in [0.05, 0.1) is 24.3 Å². The van der Waals surface area contributed by atoms with E-state index >= 15 is 0 Å². The van der Waals surface area contributed by atoms with Crippen molar-refractivity contribution in [3.63, 3.8) is 0 Å². The van der Waals surface area contributed by atoms with Gasteiger partial charge in [-0.05, 0) is 58.2 Å². The van der Waals surface area contributed by atoms with E-state index < -0.39 is 0 Å². The van der Waals surface area contributed by atoms with Crippen LogP contribution in [-0.4, -0.2) is 30.9 Å². The van der Waals surface area contributed by atoms with Gasteiger partial charge in [0.25, 0.3) is 5.91 Å². The highest BCUT2D eigenvalue weighted by atomic mass is 79.9. The van der Waals surface area contributed by atoms with Crippen LogP contribution in [0.1, 0.15) is 11.1 Å². The minimum absolute atomic E-state index is 0.0132. The number of rotatable bonds is 6. The van der Waals surface area contributed by atoms with Crippen LogP contribution in [0.2, 0.25) is 0 Å². The molecular weight excluding hydrogens is 374 g/mol. The molecule has 0 atom stereocenters. The molecule has 0 aliphatic carbocycles. The Labute approximate surface area is 148 Å². The topological polar surface area (TPSA) is 83.0 Å². The lowest BCUT2D eigenvalue weighted by molar-refractivity contribution is -0.119. The van der Waals surface area contributed by atoms with Crippen LogP contribution in [0.15, 0.2) is 46.0 Å². The third-order valence-corrected chi connectivity index (χ3v) is 3.71. The van der Waals surface area contributed by atoms with Crippen LogP contribution in [0.4, 0.5) is 5.69 Å². The van der Waals surface area contributed by atoms with Gasteiger partial charge < -0.3 is 15.2 Å². The van der Waals surface area contributed by atoms with Gasteiger partial charge in [-0.1, -0.05) is 12.1 Å². The number of phenolic OH excluding ortho intramolecular Hbond substituents is 1. The molecule has 2 rings (SSSR count). The maximum atomic E-state index is 11.8. The van der Waals surface area contributed by atoms with Crippen molar-refractivity contribution in [3.8, 4) is 11.5 Å². The lowest BCUT2D eigenvalue weighted by atomic mass is 10.2. The van der Waals surface area contributed by atoms with E-state index in [0.29, 0.717) is 15.8 Å². The van der Waals surface area contributed by atoms with Crippen molar-refractivity contribution in [2.75, 3.05) is 19.0 Å². The number of amides is 1. The Bertz CT molecular complexity index is 739. The molecule has 0 aliphatic rings. The Hall–Kier alpha value is -2.54. The lowest BCUT2D eigenvalue weighted by Gasteiger charge is -2.07. The third-order valence-electron chi connectivity index (χ3n) is 3.12. The van der Waals surface area contributed by atoms with Gasteiger partial charge >= 0.3 is 0 Å². The van der Waals surface area contributed by atoms with Crippen molar-refractivity contribution >= 4 is 33.7 Å². The van der Waals surface area contributed by atoms with Gasteiger partial charge in [0.2, 0.25) is 0 Å². The molecule has 7 heteroatoms. The average molecular weight is 392 g/mol. The molecule has 2 aromatic carbocycles. The van der Waals surface area contributed by atoms with E-state index in [1.165, 1.54) is 19.4 Å². The summed E-state index contributed by atoms with van der Waals surface area (Å²) in [7, 11) is 1.47. The quantitative estimate of drug-likeness (QED) is 0.521. The predicted octanol–water partition coefficient (Wildman–Crippen LogP) is 3.03. The van der Waals surface area contributed by atoms with Crippen molar-refractivity contribution in [3.05, 3.63) is 52.0 Å². The number of hydrazone groups is 1. The second kappa shape index (κ2) is 8.35. The molecule has 0 aromatic heterocycles. The van der Waals surface area contributed by atoms with Crippen molar-refractivity contribution in [1.29, 1.82) is 0 Å². The van der Waals surface area contributed by atoms with Gasteiger partial charge in [-0.15, -0.1) is 0 Å². The molecule has 0 spiro atoms. The average Bonchev–Trinajstić information content (AvgIpc) is 2.53. The number of nitrogens with zero attached hydrogens (tertiary/aromatic N) is 1. The number of carbonyl (C=O) groups is 1. The van der Waals surface area contributed by atoms with Crippen LogP contribution in [0, 0.1) is 6.92 Å². The number of halogens is 1. The highest BCUT2D eigenvalue weighted by Gasteiger charge is 2.07. The number of methoxy groups -OCH3 is 1. The smallest absolute Gasteiger partial charge is 0.259 e. The predicted molar refractivity (Wildman–Crippen MR) is 97.8 cm³/mol. The number of carbonyl (C=O) groups excluding carboxylic acids is 1. The van der Waals surface area contributed by atoms with E-state index in [-0.39, 0.29) is 18.2 Å². The van der Waals surface area contributed by atoms with Crippen LogP contribution < -0.4 is 15.5 Å². The van der Waals surface area contributed by atoms with Crippen molar-refractivity contribution < 1.29 is 14.6 Å². The number of anilines is 1. The van der Waals surface area contributed by atoms with Crippen molar-refractivity contribution in [1.82, 2.24) is 5.43 Å². The van der Waals surface area contributed by atoms with E-state index in [4.69, 9.17) is 4.74 Å². The molecule has 0 bridgehead atoms. The van der Waals surface area contributed by atoms with E-state index in [2.05, 4.69) is 31.8 Å². The summed E-state index contributed by atoms with van der Waals surface area (Å²) >= 11 is 3.29. The van der Waals surface area contributed by atoms with E-state index in [1.54, 1.807) is 6.07 Å². The summed E-state index contributed by atoms with van der Waals surface area (Å²) in [4.78, 5) is 11.8. The molecule has 24 heavy (non-hydrogen) atoms. The zero-order valence-electron chi connectivity index (χ0n) is 13.3. The fraction of sp³-hybridized carbons (Fsp3) is 0.176. The van der Waals surface area contributed by atoms with Gasteiger partial charge in [0.1, 0.15) is 0 Å². The summed E-state index contributed by atoms with van der Waals surface area (Å²) in [5, 5.41) is 16.7. The minimum Gasteiger partial charge on any atom is -0.504 e. The van der Waals surface area contributed by atoms with Gasteiger partial charge in [0.15, 0.2) is 11.5 Å². The summed E-state index contributed by atoms with van der Waals surface area (Å²) in [6, 6.07) is 11.0. The Morgan fingerprint density at radius 1 is 1.38 bits per heavy atom. The maximum Gasteiger partial charge on any atom is 0.259 e. The first-order valence-electron chi connectivity index (χ1n) is 7.18. The van der Waals surface area contributed by atoms with Crippen LogP contribution in [-0.2, 0) is 4.79 Å². The molecule has 6 nitrogen and oxygen atoms in total.